The van der Waals surface area contributed by atoms with Crippen molar-refractivity contribution in [1.82, 2.24) is 0 Å². The quantitative estimate of drug-likeness (QED) is 0.212. The molecular weight excluding hydrogens is 451 g/mol. The standard InChI is InChI=1S/C14H9F9O5S/c1-2-27-9(24)6-4-7-3-5-8(28-29(25,26)14(21,22)23)11(13(18,19)20)10(7)12(15,16)17/h3-6H,2H2,1H3/b6-4-. The molecule has 0 unspecified atom stereocenters. The van der Waals surface area contributed by atoms with Crippen LogP contribution < -0.4 is 4.18 Å². The zero-order valence-corrected chi connectivity index (χ0v) is 14.7. The van der Waals surface area contributed by atoms with Gasteiger partial charge in [-0.15, -0.1) is 0 Å². The number of alkyl halides is 9. The van der Waals surface area contributed by atoms with E-state index in [-0.39, 0.29) is 24.8 Å². The van der Waals surface area contributed by atoms with Crippen LogP contribution in [0.15, 0.2) is 18.2 Å². The predicted octanol–water partition coefficient (Wildman–Crippen LogP) is 4.53. The number of hydrogen-bond acceptors (Lipinski definition) is 5. The molecule has 0 aliphatic rings. The van der Waals surface area contributed by atoms with Crippen LogP contribution in [0.2, 0.25) is 0 Å². The molecule has 29 heavy (non-hydrogen) atoms. The van der Waals surface area contributed by atoms with Gasteiger partial charge >= 0.3 is 33.9 Å². The normalized spacial score (nSPS) is 13.6. The fourth-order valence-corrected chi connectivity index (χ4v) is 2.38. The second kappa shape index (κ2) is 8.12. The Labute approximate surface area is 156 Å². The molecule has 1 aromatic carbocycles. The van der Waals surface area contributed by atoms with E-state index in [0.717, 1.165) is 0 Å². The smallest absolute Gasteiger partial charge is 0.463 e. The average Bonchev–Trinajstić information content (AvgIpc) is 2.50. The summed E-state index contributed by atoms with van der Waals surface area (Å²) in [6.07, 6.45) is -11.2. The SMILES string of the molecule is CCOC(=O)/C=C\c1ccc(OS(=O)(=O)C(F)(F)F)c(C(F)(F)F)c1C(F)(F)F. The first kappa shape index (κ1) is 24.6. The van der Waals surface area contributed by atoms with Crippen LogP contribution in [0, 0.1) is 0 Å². The average molecular weight is 460 g/mol. The van der Waals surface area contributed by atoms with E-state index < -0.39 is 56.4 Å². The highest BCUT2D eigenvalue weighted by Gasteiger charge is 2.52. The molecule has 164 valence electrons. The molecule has 0 saturated carbocycles. The molecule has 5 nitrogen and oxygen atoms in total. The van der Waals surface area contributed by atoms with Gasteiger partial charge < -0.3 is 8.92 Å². The van der Waals surface area contributed by atoms with Gasteiger partial charge in [0.15, 0.2) is 5.75 Å². The van der Waals surface area contributed by atoms with Gasteiger partial charge in [0, 0.05) is 6.08 Å². The van der Waals surface area contributed by atoms with Gasteiger partial charge in [-0.25, -0.2) is 4.79 Å². The number of ether oxygens (including phenoxy) is 1. The third-order valence-electron chi connectivity index (χ3n) is 2.93. The maximum absolute atomic E-state index is 13.3. The number of carbonyl (C=O) groups excluding carboxylic acids is 1. The first-order valence-electron chi connectivity index (χ1n) is 7.08. The van der Waals surface area contributed by atoms with Crippen LogP contribution in [0.4, 0.5) is 39.5 Å². The lowest BCUT2D eigenvalue weighted by Crippen LogP contribution is -2.29. The van der Waals surface area contributed by atoms with Gasteiger partial charge in [0.2, 0.25) is 0 Å². The van der Waals surface area contributed by atoms with Crippen LogP contribution in [0.25, 0.3) is 6.08 Å². The molecule has 0 N–H and O–H groups in total. The van der Waals surface area contributed by atoms with E-state index in [1.165, 1.54) is 6.92 Å². The monoisotopic (exact) mass is 460 g/mol. The van der Waals surface area contributed by atoms with E-state index in [2.05, 4.69) is 8.92 Å². The molecule has 0 amide bonds. The number of benzene rings is 1. The van der Waals surface area contributed by atoms with Crippen molar-refractivity contribution in [2.45, 2.75) is 24.8 Å². The Bertz CT molecular complexity index is 896. The Morgan fingerprint density at radius 1 is 0.966 bits per heavy atom. The van der Waals surface area contributed by atoms with Crippen molar-refractivity contribution in [3.8, 4) is 5.75 Å². The van der Waals surface area contributed by atoms with Gasteiger partial charge in [-0.1, -0.05) is 6.07 Å². The van der Waals surface area contributed by atoms with Crippen molar-refractivity contribution in [3.63, 3.8) is 0 Å². The van der Waals surface area contributed by atoms with E-state index >= 15 is 0 Å². The molecule has 0 aliphatic carbocycles. The minimum Gasteiger partial charge on any atom is -0.463 e. The zero-order valence-electron chi connectivity index (χ0n) is 13.9. The van der Waals surface area contributed by atoms with Crippen LogP contribution in [-0.4, -0.2) is 26.5 Å². The molecule has 1 rings (SSSR count). The van der Waals surface area contributed by atoms with Crippen molar-refractivity contribution in [2.24, 2.45) is 0 Å². The number of rotatable bonds is 5. The molecule has 15 heteroatoms. The van der Waals surface area contributed by atoms with Gasteiger partial charge in [0.1, 0.15) is 5.56 Å². The molecule has 1 aromatic rings. The molecule has 0 aromatic heterocycles. The summed E-state index contributed by atoms with van der Waals surface area (Å²) in [4.78, 5) is 11.2. The summed E-state index contributed by atoms with van der Waals surface area (Å²) in [7, 11) is -6.70. The van der Waals surface area contributed by atoms with E-state index in [1.54, 1.807) is 0 Å². The molecular formula is C14H9F9O5S. The summed E-state index contributed by atoms with van der Waals surface area (Å²) in [5.41, 5.74) is -12.9. The van der Waals surface area contributed by atoms with Gasteiger partial charge in [-0.3, -0.25) is 0 Å². The first-order chi connectivity index (χ1) is 12.9. The van der Waals surface area contributed by atoms with Crippen LogP contribution in [0.5, 0.6) is 5.75 Å². The second-order valence-corrected chi connectivity index (χ2v) is 6.50. The molecule has 0 spiro atoms. The number of halogens is 9. The summed E-state index contributed by atoms with van der Waals surface area (Å²) < 4.78 is 146. The van der Waals surface area contributed by atoms with Crippen molar-refractivity contribution in [1.29, 1.82) is 0 Å². The summed E-state index contributed by atoms with van der Waals surface area (Å²) in [6, 6.07) is 0.154. The highest BCUT2D eigenvalue weighted by Crippen LogP contribution is 2.47. The molecule has 0 aliphatic heterocycles. The fraction of sp³-hybridized carbons (Fsp3) is 0.357. The summed E-state index contributed by atoms with van der Waals surface area (Å²) >= 11 is 0. The Morgan fingerprint density at radius 3 is 1.90 bits per heavy atom. The largest absolute Gasteiger partial charge is 0.534 e. The third-order valence-corrected chi connectivity index (χ3v) is 3.90. The number of hydrogen-bond donors (Lipinski definition) is 0. The van der Waals surface area contributed by atoms with E-state index in [0.29, 0.717) is 6.08 Å². The molecule has 0 radical (unpaired) electrons. The highest BCUT2D eigenvalue weighted by molar-refractivity contribution is 7.88. The molecule has 0 heterocycles. The summed E-state index contributed by atoms with van der Waals surface area (Å²) in [6.45, 7) is 1.13. The Hall–Kier alpha value is -2.45. The summed E-state index contributed by atoms with van der Waals surface area (Å²) in [5.74, 6) is -3.45. The minimum atomic E-state index is -6.70. The van der Waals surface area contributed by atoms with Crippen molar-refractivity contribution >= 4 is 22.2 Å². The molecule has 0 fully saturated rings. The second-order valence-electron chi connectivity index (χ2n) is 4.97. The van der Waals surface area contributed by atoms with Gasteiger partial charge in [-0.05, 0) is 24.6 Å². The highest BCUT2D eigenvalue weighted by atomic mass is 32.2. The minimum absolute atomic E-state index is 0.0494. The molecule has 0 bridgehead atoms. The molecule has 0 atom stereocenters. The lowest BCUT2D eigenvalue weighted by molar-refractivity contribution is -0.162. The lowest BCUT2D eigenvalue weighted by atomic mass is 9.98. The Kier molecular flexibility index (Phi) is 6.88. The summed E-state index contributed by atoms with van der Waals surface area (Å²) in [5, 5.41) is 0. The predicted molar refractivity (Wildman–Crippen MR) is 77.7 cm³/mol. The van der Waals surface area contributed by atoms with Crippen LogP contribution in [0.3, 0.4) is 0 Å². The molecule has 0 saturated heterocycles. The number of carbonyl (C=O) groups is 1. The lowest BCUT2D eigenvalue weighted by Gasteiger charge is -2.21. The fourth-order valence-electron chi connectivity index (χ4n) is 1.91. The Morgan fingerprint density at radius 2 is 1.48 bits per heavy atom. The van der Waals surface area contributed by atoms with Crippen molar-refractivity contribution < 1.29 is 61.6 Å². The van der Waals surface area contributed by atoms with Crippen molar-refractivity contribution in [2.75, 3.05) is 6.61 Å². The topological polar surface area (TPSA) is 69.7 Å². The third kappa shape index (κ3) is 6.01. The van der Waals surface area contributed by atoms with Crippen LogP contribution in [0.1, 0.15) is 23.6 Å². The van der Waals surface area contributed by atoms with E-state index in [4.69, 9.17) is 0 Å². The van der Waals surface area contributed by atoms with E-state index in [1.807, 2.05) is 0 Å². The van der Waals surface area contributed by atoms with Crippen molar-refractivity contribution in [3.05, 3.63) is 34.9 Å². The Balaban J connectivity index is 3.78. The maximum atomic E-state index is 13.3. The zero-order chi connectivity index (χ0) is 22.8. The van der Waals surface area contributed by atoms with E-state index in [9.17, 15) is 52.7 Å². The first-order valence-corrected chi connectivity index (χ1v) is 8.49. The number of esters is 1. The van der Waals surface area contributed by atoms with Gasteiger partial charge in [0.25, 0.3) is 0 Å². The van der Waals surface area contributed by atoms with Gasteiger partial charge in [0.05, 0.1) is 12.2 Å². The van der Waals surface area contributed by atoms with Crippen LogP contribution in [-0.2, 0) is 32.0 Å². The van der Waals surface area contributed by atoms with Gasteiger partial charge in [-0.2, -0.15) is 47.9 Å². The maximum Gasteiger partial charge on any atom is 0.534 e. The van der Waals surface area contributed by atoms with Crippen LogP contribution >= 0.6 is 0 Å².